The van der Waals surface area contributed by atoms with Crippen LogP contribution in [0, 0.1) is 10.8 Å². The zero-order valence-corrected chi connectivity index (χ0v) is 19.6. The number of anilines is 3. The summed E-state index contributed by atoms with van der Waals surface area (Å²) in [4.78, 5) is 23.0. The van der Waals surface area contributed by atoms with Crippen molar-refractivity contribution < 1.29 is 4.79 Å². The van der Waals surface area contributed by atoms with Gasteiger partial charge in [0, 0.05) is 82.0 Å². The molecule has 2 aliphatic heterocycles. The first-order valence-corrected chi connectivity index (χ1v) is 11.5. The highest BCUT2D eigenvalue weighted by Crippen LogP contribution is 2.23. The Morgan fingerprint density at radius 3 is 1.47 bits per heavy atom. The van der Waals surface area contributed by atoms with Crippen LogP contribution < -0.4 is 26.2 Å². The minimum atomic E-state index is -0.0595. The molecule has 1 amide bonds. The summed E-state index contributed by atoms with van der Waals surface area (Å²) < 4.78 is 0. The van der Waals surface area contributed by atoms with Gasteiger partial charge in [-0.3, -0.25) is 15.6 Å². The number of rotatable bonds is 4. The molecule has 10 heteroatoms. The molecule has 0 bridgehead atoms. The molecule has 10 nitrogen and oxygen atoms in total. The number of nitrogens with two attached hydrogens (primary N) is 2. The third-order valence-corrected chi connectivity index (χ3v) is 6.63. The van der Waals surface area contributed by atoms with Crippen LogP contribution in [0.25, 0.3) is 0 Å². The Bertz CT molecular complexity index is 1020. The predicted molar refractivity (Wildman–Crippen MR) is 137 cm³/mol. The Morgan fingerprint density at radius 1 is 0.706 bits per heavy atom. The van der Waals surface area contributed by atoms with Crippen LogP contribution in [0.3, 0.4) is 0 Å². The molecule has 0 saturated carbocycles. The molecule has 0 radical (unpaired) electrons. The normalized spacial score (nSPS) is 16.4. The van der Waals surface area contributed by atoms with Crippen molar-refractivity contribution in [2.24, 2.45) is 11.5 Å². The van der Waals surface area contributed by atoms with Crippen molar-refractivity contribution >= 4 is 34.9 Å². The van der Waals surface area contributed by atoms with Crippen LogP contribution in [0.2, 0.25) is 0 Å². The lowest BCUT2D eigenvalue weighted by Crippen LogP contribution is -2.50. The number of hydrogen-bond donors (Lipinski definition) is 4. The smallest absolute Gasteiger partial charge is 0.258 e. The monoisotopic (exact) mass is 463 g/mol. The fourth-order valence-electron chi connectivity index (χ4n) is 4.42. The van der Waals surface area contributed by atoms with Gasteiger partial charge in [0.2, 0.25) is 0 Å². The molecule has 2 saturated heterocycles. The van der Waals surface area contributed by atoms with Crippen molar-refractivity contribution in [2.75, 3.05) is 74.1 Å². The van der Waals surface area contributed by atoms with E-state index >= 15 is 0 Å². The summed E-state index contributed by atoms with van der Waals surface area (Å²) in [5.41, 5.74) is 14.8. The van der Waals surface area contributed by atoms with Crippen molar-refractivity contribution in [2.45, 2.75) is 0 Å². The van der Waals surface area contributed by atoms with Gasteiger partial charge in [-0.15, -0.1) is 0 Å². The van der Waals surface area contributed by atoms with Gasteiger partial charge >= 0.3 is 0 Å². The molecule has 6 N–H and O–H groups in total. The Kier molecular flexibility index (Phi) is 6.76. The van der Waals surface area contributed by atoms with E-state index in [1.807, 2.05) is 58.3 Å². The van der Waals surface area contributed by atoms with Crippen molar-refractivity contribution in [1.82, 2.24) is 9.80 Å². The average Bonchev–Trinajstić information content (AvgIpc) is 2.88. The van der Waals surface area contributed by atoms with E-state index in [1.165, 1.54) is 0 Å². The third-order valence-electron chi connectivity index (χ3n) is 6.63. The van der Waals surface area contributed by atoms with Gasteiger partial charge in [0.15, 0.2) is 11.9 Å². The Balaban J connectivity index is 1.35. The fourth-order valence-corrected chi connectivity index (χ4v) is 4.42. The molecule has 0 aliphatic carbocycles. The molecule has 2 aromatic carbocycles. The zero-order chi connectivity index (χ0) is 24.2. The lowest BCUT2D eigenvalue weighted by molar-refractivity contribution is 0.0993. The Morgan fingerprint density at radius 2 is 1.09 bits per heavy atom. The topological polar surface area (TPSA) is 133 Å². The van der Waals surface area contributed by atoms with Gasteiger partial charge in [0.25, 0.3) is 5.91 Å². The highest BCUT2D eigenvalue weighted by atomic mass is 16.2. The lowest BCUT2D eigenvalue weighted by atomic mass is 10.1. The third kappa shape index (κ3) is 5.00. The number of hydrogen-bond acceptors (Lipinski definition) is 5. The molecule has 0 spiro atoms. The number of carbonyl (C=O) groups excluding carboxylic acids is 1. The van der Waals surface area contributed by atoms with E-state index in [9.17, 15) is 4.79 Å². The number of amides is 1. The van der Waals surface area contributed by atoms with E-state index in [0.29, 0.717) is 5.56 Å². The molecule has 4 rings (SSSR count). The van der Waals surface area contributed by atoms with Gasteiger partial charge in [0.1, 0.15) is 0 Å². The van der Waals surface area contributed by atoms with Crippen LogP contribution in [-0.4, -0.2) is 87.0 Å². The number of nitrogens with zero attached hydrogens (tertiary/aromatic N) is 5. The second kappa shape index (κ2) is 9.90. The first-order valence-electron chi connectivity index (χ1n) is 11.5. The maximum atomic E-state index is 13.1. The number of piperazine rings is 2. The Labute approximate surface area is 200 Å². The number of guanidine groups is 2. The second-order valence-corrected chi connectivity index (χ2v) is 8.65. The largest absolute Gasteiger partial charge is 0.370 e. The quantitative estimate of drug-likeness (QED) is 0.393. The second-order valence-electron chi connectivity index (χ2n) is 8.65. The maximum absolute atomic E-state index is 13.1. The molecule has 0 aromatic heterocycles. The summed E-state index contributed by atoms with van der Waals surface area (Å²) in [6.45, 7) is 6.12. The molecule has 2 heterocycles. The molecule has 2 aliphatic rings. The summed E-state index contributed by atoms with van der Waals surface area (Å²) >= 11 is 0. The van der Waals surface area contributed by atoms with Crippen molar-refractivity contribution in [3.63, 3.8) is 0 Å². The first kappa shape index (κ1) is 23.2. The molecule has 0 unspecified atom stereocenters. The number of nitrogens with one attached hydrogen (secondary N) is 2. The number of carbonyl (C=O) groups is 1. The van der Waals surface area contributed by atoms with Crippen molar-refractivity contribution in [3.05, 3.63) is 54.1 Å². The summed E-state index contributed by atoms with van der Waals surface area (Å²) in [5.74, 6) is 0.182. The summed E-state index contributed by atoms with van der Waals surface area (Å²) in [5, 5.41) is 15.1. The molecule has 2 aromatic rings. The van der Waals surface area contributed by atoms with Crippen molar-refractivity contribution in [3.8, 4) is 0 Å². The lowest BCUT2D eigenvalue weighted by Gasteiger charge is -2.36. The van der Waals surface area contributed by atoms with Crippen LogP contribution in [0.5, 0.6) is 0 Å². The molecule has 34 heavy (non-hydrogen) atoms. The Hall–Kier alpha value is -3.95. The molecule has 2 fully saturated rings. The minimum absolute atomic E-state index is 0.0595. The highest BCUT2D eigenvalue weighted by molar-refractivity contribution is 6.06. The first-order chi connectivity index (χ1) is 16.3. The van der Waals surface area contributed by atoms with Crippen LogP contribution in [-0.2, 0) is 0 Å². The van der Waals surface area contributed by atoms with E-state index in [4.69, 9.17) is 22.3 Å². The van der Waals surface area contributed by atoms with E-state index < -0.39 is 0 Å². The summed E-state index contributed by atoms with van der Waals surface area (Å²) in [6.07, 6.45) is 0. The van der Waals surface area contributed by atoms with Gasteiger partial charge in [-0.1, -0.05) is 0 Å². The molecule has 180 valence electrons. The van der Waals surface area contributed by atoms with Crippen LogP contribution >= 0.6 is 0 Å². The van der Waals surface area contributed by atoms with E-state index in [0.717, 1.165) is 69.4 Å². The average molecular weight is 464 g/mol. The van der Waals surface area contributed by atoms with Gasteiger partial charge in [-0.2, -0.15) is 0 Å². The zero-order valence-electron chi connectivity index (χ0n) is 19.6. The SMILES string of the molecule is CN(C(=O)c1ccc(N2CCN(C(=N)N)CC2)cc1)c1ccc(N2CCN(C(=N)N)CC2)cc1. The summed E-state index contributed by atoms with van der Waals surface area (Å²) in [7, 11) is 1.79. The van der Waals surface area contributed by atoms with Crippen LogP contribution in [0.1, 0.15) is 10.4 Å². The van der Waals surface area contributed by atoms with E-state index in [-0.39, 0.29) is 17.8 Å². The molecular weight excluding hydrogens is 430 g/mol. The molecular formula is C24H33N9O. The molecule has 0 atom stereocenters. The van der Waals surface area contributed by atoms with Crippen LogP contribution in [0.4, 0.5) is 17.1 Å². The standard InChI is InChI=1S/C24H33N9O/c1-29(19-6-8-21(9-7-19)31-12-16-33(17-13-31)24(27)28)22(34)18-2-4-20(5-3-18)30-10-14-32(15-11-30)23(25)26/h2-9H,10-17H2,1H3,(H3,25,26)(H3,27,28). The number of benzene rings is 2. The van der Waals surface area contributed by atoms with Gasteiger partial charge in [-0.25, -0.2) is 0 Å². The maximum Gasteiger partial charge on any atom is 0.258 e. The fraction of sp³-hybridized carbons (Fsp3) is 0.375. The van der Waals surface area contributed by atoms with Gasteiger partial charge in [-0.05, 0) is 48.5 Å². The highest BCUT2D eigenvalue weighted by Gasteiger charge is 2.20. The predicted octanol–water partition coefficient (Wildman–Crippen LogP) is 0.994. The van der Waals surface area contributed by atoms with E-state index in [1.54, 1.807) is 11.9 Å². The van der Waals surface area contributed by atoms with Crippen molar-refractivity contribution in [1.29, 1.82) is 10.8 Å². The van der Waals surface area contributed by atoms with Gasteiger partial charge < -0.3 is 36.0 Å². The van der Waals surface area contributed by atoms with Gasteiger partial charge in [0.05, 0.1) is 0 Å². The van der Waals surface area contributed by atoms with Crippen LogP contribution in [0.15, 0.2) is 48.5 Å². The summed E-state index contributed by atoms with van der Waals surface area (Å²) in [6, 6.07) is 15.7. The van der Waals surface area contributed by atoms with E-state index in [2.05, 4.69) is 9.80 Å². The minimum Gasteiger partial charge on any atom is -0.370 e.